The van der Waals surface area contributed by atoms with Crippen molar-refractivity contribution in [1.82, 2.24) is 5.32 Å². The van der Waals surface area contributed by atoms with Gasteiger partial charge < -0.3 is 10.1 Å². The number of ether oxygens (including phenoxy) is 1. The van der Waals surface area contributed by atoms with Crippen LogP contribution in [0.15, 0.2) is 72.8 Å². The van der Waals surface area contributed by atoms with Crippen molar-refractivity contribution in [1.29, 1.82) is 0 Å². The van der Waals surface area contributed by atoms with Crippen molar-refractivity contribution in [2.75, 3.05) is 7.11 Å². The highest BCUT2D eigenvalue weighted by Gasteiger charge is 2.35. The van der Waals surface area contributed by atoms with E-state index in [2.05, 4.69) is 5.32 Å². The summed E-state index contributed by atoms with van der Waals surface area (Å²) in [6.45, 7) is 0. The number of nitrogens with one attached hydrogen (secondary N) is 1. The second kappa shape index (κ2) is 8.49. The summed E-state index contributed by atoms with van der Waals surface area (Å²) in [5.41, 5.74) is 3.29. The molecule has 0 fully saturated rings. The Hall–Kier alpha value is -3.61. The zero-order valence-electron chi connectivity index (χ0n) is 17.1. The Morgan fingerprint density at radius 2 is 1.44 bits per heavy atom. The molecule has 164 valence electrons. The van der Waals surface area contributed by atoms with Crippen molar-refractivity contribution in [2.45, 2.75) is 24.6 Å². The van der Waals surface area contributed by atoms with E-state index in [0.29, 0.717) is 5.56 Å². The van der Waals surface area contributed by atoms with Gasteiger partial charge in [0.25, 0.3) is 0 Å². The third-order valence-corrected chi connectivity index (χ3v) is 5.62. The van der Waals surface area contributed by atoms with E-state index in [1.807, 2.05) is 48.5 Å². The first-order chi connectivity index (χ1) is 15.3. The largest absolute Gasteiger partial charge is 0.467 e. The molecule has 32 heavy (non-hydrogen) atoms. The van der Waals surface area contributed by atoms with Crippen LogP contribution in [0.3, 0.4) is 0 Å². The van der Waals surface area contributed by atoms with Crippen LogP contribution in [0.1, 0.15) is 28.2 Å². The molecule has 7 heteroatoms. The van der Waals surface area contributed by atoms with Gasteiger partial charge in [-0.15, -0.1) is 0 Å². The van der Waals surface area contributed by atoms with Crippen LogP contribution in [-0.4, -0.2) is 25.0 Å². The lowest BCUT2D eigenvalue weighted by Gasteiger charge is -2.20. The van der Waals surface area contributed by atoms with E-state index in [0.717, 1.165) is 34.4 Å². The van der Waals surface area contributed by atoms with Crippen molar-refractivity contribution in [2.24, 2.45) is 0 Å². The predicted octanol–water partition coefficient (Wildman–Crippen LogP) is 4.72. The lowest BCUT2D eigenvalue weighted by molar-refractivity contribution is -0.145. The highest BCUT2D eigenvalue weighted by Crippen LogP contribution is 2.44. The van der Waals surface area contributed by atoms with Gasteiger partial charge in [-0.3, -0.25) is 4.79 Å². The van der Waals surface area contributed by atoms with Gasteiger partial charge in [-0.1, -0.05) is 60.7 Å². The van der Waals surface area contributed by atoms with Gasteiger partial charge in [0.05, 0.1) is 18.6 Å². The summed E-state index contributed by atoms with van der Waals surface area (Å²) in [5.74, 6) is -1.63. The molecule has 0 bridgehead atoms. The fourth-order valence-electron chi connectivity index (χ4n) is 4.09. The minimum Gasteiger partial charge on any atom is -0.467 e. The first kappa shape index (κ1) is 21.6. The van der Waals surface area contributed by atoms with Crippen LogP contribution in [0.4, 0.5) is 13.2 Å². The van der Waals surface area contributed by atoms with E-state index in [4.69, 9.17) is 4.74 Å². The molecular formula is C25H20F3NO3. The third kappa shape index (κ3) is 4.10. The molecule has 0 heterocycles. The molecule has 1 amide bonds. The van der Waals surface area contributed by atoms with Gasteiger partial charge in [-0.05, 0) is 39.9 Å². The number of esters is 1. The average molecular weight is 439 g/mol. The normalized spacial score (nSPS) is 13.8. The molecule has 1 N–H and O–H groups in total. The molecule has 3 aromatic carbocycles. The van der Waals surface area contributed by atoms with Crippen LogP contribution >= 0.6 is 0 Å². The number of alkyl halides is 3. The molecule has 0 aromatic heterocycles. The molecule has 0 aliphatic heterocycles. The van der Waals surface area contributed by atoms with Crippen molar-refractivity contribution < 1.29 is 27.5 Å². The summed E-state index contributed by atoms with van der Waals surface area (Å²) in [4.78, 5) is 25.7. The second-order valence-electron chi connectivity index (χ2n) is 7.59. The smallest absolute Gasteiger partial charge is 0.416 e. The first-order valence-corrected chi connectivity index (χ1v) is 10.0. The van der Waals surface area contributed by atoms with Gasteiger partial charge in [0, 0.05) is 6.42 Å². The molecule has 0 spiro atoms. The molecule has 0 saturated carbocycles. The Morgan fingerprint density at radius 1 is 0.906 bits per heavy atom. The van der Waals surface area contributed by atoms with Crippen LogP contribution in [-0.2, 0) is 26.9 Å². The number of rotatable bonds is 5. The molecule has 0 saturated heterocycles. The van der Waals surface area contributed by atoms with Crippen LogP contribution in [0.5, 0.6) is 0 Å². The van der Waals surface area contributed by atoms with Crippen LogP contribution in [0.2, 0.25) is 0 Å². The fourth-order valence-corrected chi connectivity index (χ4v) is 4.09. The SMILES string of the molecule is COC(=O)[C@@H](Cc1ccc(C(F)(F)F)cc1)NC(=O)C1c2ccccc2-c2ccccc21. The number of hydrogen-bond acceptors (Lipinski definition) is 3. The molecule has 3 aromatic rings. The lowest BCUT2D eigenvalue weighted by atomic mass is 9.95. The van der Waals surface area contributed by atoms with E-state index < -0.39 is 29.7 Å². The number of amides is 1. The van der Waals surface area contributed by atoms with Gasteiger partial charge in [0.1, 0.15) is 6.04 Å². The van der Waals surface area contributed by atoms with Crippen molar-refractivity contribution in [3.8, 4) is 11.1 Å². The third-order valence-electron chi connectivity index (χ3n) is 5.62. The summed E-state index contributed by atoms with van der Waals surface area (Å²) in [7, 11) is 1.20. The predicted molar refractivity (Wildman–Crippen MR) is 113 cm³/mol. The number of hydrogen-bond donors (Lipinski definition) is 1. The molecule has 4 nitrogen and oxygen atoms in total. The van der Waals surface area contributed by atoms with Gasteiger partial charge in [0.2, 0.25) is 5.91 Å². The number of fused-ring (bicyclic) bond motifs is 3. The molecule has 1 atom stereocenters. The summed E-state index contributed by atoms with van der Waals surface area (Å²) >= 11 is 0. The second-order valence-corrected chi connectivity index (χ2v) is 7.59. The van der Waals surface area contributed by atoms with Crippen molar-refractivity contribution in [3.05, 3.63) is 95.1 Å². The van der Waals surface area contributed by atoms with Crippen molar-refractivity contribution >= 4 is 11.9 Å². The maximum Gasteiger partial charge on any atom is 0.416 e. The van der Waals surface area contributed by atoms with Gasteiger partial charge in [0.15, 0.2) is 0 Å². The summed E-state index contributed by atoms with van der Waals surface area (Å²) in [6, 6.07) is 18.6. The minimum absolute atomic E-state index is 0.00651. The Morgan fingerprint density at radius 3 is 1.94 bits per heavy atom. The maximum absolute atomic E-state index is 13.3. The Labute approximate surface area is 183 Å². The maximum atomic E-state index is 13.3. The van der Waals surface area contributed by atoms with Gasteiger partial charge in [-0.25, -0.2) is 4.79 Å². The van der Waals surface area contributed by atoms with E-state index in [1.54, 1.807) is 0 Å². The fraction of sp³-hybridized carbons (Fsp3) is 0.200. The molecular weight excluding hydrogens is 419 g/mol. The lowest BCUT2D eigenvalue weighted by Crippen LogP contribution is -2.45. The number of halogens is 3. The van der Waals surface area contributed by atoms with Gasteiger partial charge >= 0.3 is 12.1 Å². The Kier molecular flexibility index (Phi) is 5.74. The zero-order valence-corrected chi connectivity index (χ0v) is 17.1. The Bertz CT molecular complexity index is 1110. The van der Waals surface area contributed by atoms with Crippen LogP contribution < -0.4 is 5.32 Å². The first-order valence-electron chi connectivity index (χ1n) is 10.0. The zero-order chi connectivity index (χ0) is 22.9. The van der Waals surface area contributed by atoms with Crippen LogP contribution in [0.25, 0.3) is 11.1 Å². The van der Waals surface area contributed by atoms with E-state index in [1.165, 1.54) is 19.2 Å². The molecule has 0 radical (unpaired) electrons. The van der Waals surface area contributed by atoms with E-state index in [-0.39, 0.29) is 12.3 Å². The summed E-state index contributed by atoms with van der Waals surface area (Å²) in [5, 5.41) is 2.75. The molecule has 1 aliphatic carbocycles. The monoisotopic (exact) mass is 439 g/mol. The topological polar surface area (TPSA) is 55.4 Å². The number of carbonyl (C=O) groups excluding carboxylic acids is 2. The summed E-state index contributed by atoms with van der Waals surface area (Å²) in [6.07, 6.45) is -4.44. The van der Waals surface area contributed by atoms with E-state index >= 15 is 0 Å². The van der Waals surface area contributed by atoms with Crippen LogP contribution in [0, 0.1) is 0 Å². The molecule has 0 unspecified atom stereocenters. The summed E-state index contributed by atoms with van der Waals surface area (Å²) < 4.78 is 43.3. The average Bonchev–Trinajstić information content (AvgIpc) is 3.12. The van der Waals surface area contributed by atoms with Crippen molar-refractivity contribution in [3.63, 3.8) is 0 Å². The molecule has 4 rings (SSSR count). The number of methoxy groups -OCH3 is 1. The van der Waals surface area contributed by atoms with E-state index in [9.17, 15) is 22.8 Å². The standard InChI is InChI=1S/C25H20F3NO3/c1-32-24(31)21(14-15-10-12-16(13-11-15)25(26,27)28)29-23(30)22-19-8-4-2-6-17(19)18-7-3-5-9-20(18)22/h2-13,21-22H,14H2,1H3,(H,29,30)/t21-/m1/s1. The van der Waals surface area contributed by atoms with Gasteiger partial charge in [-0.2, -0.15) is 13.2 Å². The Balaban J connectivity index is 1.59. The quantitative estimate of drug-likeness (QED) is 0.586. The minimum atomic E-state index is -4.45. The number of carbonyl (C=O) groups is 2. The molecule has 1 aliphatic rings. The highest BCUT2D eigenvalue weighted by molar-refractivity contribution is 5.97. The highest BCUT2D eigenvalue weighted by atomic mass is 19.4. The number of benzene rings is 3.